The first-order valence-corrected chi connectivity index (χ1v) is 5.86. The number of allylic oxidation sites excluding steroid dienone is 1. The average molecular weight is 232 g/mol. The number of carbonyl (C=O) groups excluding carboxylic acids is 1. The van der Waals surface area contributed by atoms with Crippen LogP contribution in [0, 0.1) is 5.92 Å². The third-order valence-corrected chi connectivity index (χ3v) is 2.77. The lowest BCUT2D eigenvalue weighted by molar-refractivity contribution is 0.255. The topological polar surface area (TPSA) is 66.9 Å². The molecule has 1 aromatic heterocycles. The van der Waals surface area contributed by atoms with Gasteiger partial charge in [-0.25, -0.2) is 14.8 Å². The van der Waals surface area contributed by atoms with Crippen LogP contribution in [0.5, 0.6) is 0 Å². The summed E-state index contributed by atoms with van der Waals surface area (Å²) in [4.78, 5) is 19.2. The number of hydrogen-bond acceptors (Lipinski definition) is 3. The first-order valence-electron chi connectivity index (χ1n) is 5.86. The van der Waals surface area contributed by atoms with E-state index < -0.39 is 0 Å². The fourth-order valence-electron chi connectivity index (χ4n) is 1.91. The van der Waals surface area contributed by atoms with Gasteiger partial charge in [-0.2, -0.15) is 0 Å². The molecule has 5 nitrogen and oxygen atoms in total. The maximum atomic E-state index is 11.4. The summed E-state index contributed by atoms with van der Waals surface area (Å²) in [6, 6.07) is 1.38. The number of aromatic nitrogens is 2. The van der Waals surface area contributed by atoms with E-state index in [0.29, 0.717) is 11.9 Å². The second-order valence-electron chi connectivity index (χ2n) is 4.07. The molecule has 2 amide bonds. The third-order valence-electron chi connectivity index (χ3n) is 2.77. The molecule has 0 atom stereocenters. The predicted octanol–water partition coefficient (Wildman–Crippen LogP) is 2.30. The molecular formula is C12H16N4O. The quantitative estimate of drug-likeness (QED) is 0.840. The van der Waals surface area contributed by atoms with Crippen LogP contribution >= 0.6 is 0 Å². The zero-order valence-electron chi connectivity index (χ0n) is 9.60. The number of hydrogen-bond donors (Lipinski definition) is 2. The van der Waals surface area contributed by atoms with Crippen molar-refractivity contribution in [2.24, 2.45) is 5.92 Å². The van der Waals surface area contributed by atoms with Crippen LogP contribution in [0.15, 0.2) is 30.7 Å². The lowest BCUT2D eigenvalue weighted by atomic mass is 10.1. The van der Waals surface area contributed by atoms with Gasteiger partial charge in [0.15, 0.2) is 0 Å². The van der Waals surface area contributed by atoms with E-state index in [1.54, 1.807) is 24.7 Å². The molecule has 0 aromatic carbocycles. The lowest BCUT2D eigenvalue weighted by Crippen LogP contribution is -2.25. The van der Waals surface area contributed by atoms with Crippen LogP contribution in [0.3, 0.4) is 0 Å². The van der Waals surface area contributed by atoms with Gasteiger partial charge in [0.2, 0.25) is 5.95 Å². The van der Waals surface area contributed by atoms with Crippen molar-refractivity contribution >= 4 is 12.0 Å². The second-order valence-corrected chi connectivity index (χ2v) is 4.07. The van der Waals surface area contributed by atoms with E-state index in [1.807, 2.05) is 0 Å². The van der Waals surface area contributed by atoms with E-state index in [2.05, 4.69) is 26.7 Å². The summed E-state index contributed by atoms with van der Waals surface area (Å²) in [5.74, 6) is 0.919. The van der Waals surface area contributed by atoms with Crippen molar-refractivity contribution in [3.05, 3.63) is 30.7 Å². The van der Waals surface area contributed by atoms with Crippen LogP contribution in [0.4, 0.5) is 10.7 Å². The molecule has 2 rings (SSSR count). The molecule has 0 saturated heterocycles. The Hall–Kier alpha value is -1.91. The van der Waals surface area contributed by atoms with Gasteiger partial charge in [-0.15, -0.1) is 0 Å². The average Bonchev–Trinajstić information content (AvgIpc) is 2.83. The highest BCUT2D eigenvalue weighted by atomic mass is 16.2. The van der Waals surface area contributed by atoms with Gasteiger partial charge in [0, 0.05) is 18.6 Å². The second kappa shape index (κ2) is 5.98. The van der Waals surface area contributed by atoms with E-state index in [0.717, 1.165) is 0 Å². The van der Waals surface area contributed by atoms with Crippen LogP contribution in [0.2, 0.25) is 0 Å². The summed E-state index contributed by atoms with van der Waals surface area (Å²) < 4.78 is 0. The molecule has 5 heteroatoms. The third kappa shape index (κ3) is 3.86. The molecular weight excluding hydrogens is 216 g/mol. The first-order chi connectivity index (χ1) is 8.34. The molecule has 1 saturated carbocycles. The SMILES string of the molecule is O=C(N/C=C/C1CCCC1)Nc1ncccn1. The standard InChI is InChI=1S/C12H16N4O/c17-12(16-11-13-7-3-8-14-11)15-9-6-10-4-1-2-5-10/h3,6-10H,1-2,4-5H2,(H2,13,14,15,16,17)/b9-6+. The molecule has 0 aliphatic heterocycles. The highest BCUT2D eigenvalue weighted by Crippen LogP contribution is 2.25. The summed E-state index contributed by atoms with van der Waals surface area (Å²) in [5.41, 5.74) is 0. The molecule has 0 spiro atoms. The Bertz CT molecular complexity index is 385. The van der Waals surface area contributed by atoms with Gasteiger partial charge >= 0.3 is 6.03 Å². The summed E-state index contributed by atoms with van der Waals surface area (Å²) in [7, 11) is 0. The van der Waals surface area contributed by atoms with Crippen molar-refractivity contribution in [3.63, 3.8) is 0 Å². The van der Waals surface area contributed by atoms with Crippen LogP contribution in [-0.4, -0.2) is 16.0 Å². The van der Waals surface area contributed by atoms with E-state index in [4.69, 9.17) is 0 Å². The van der Waals surface area contributed by atoms with Crippen molar-refractivity contribution in [1.29, 1.82) is 0 Å². The smallest absolute Gasteiger partial charge is 0.315 e. The Morgan fingerprint density at radius 2 is 2.00 bits per heavy atom. The highest BCUT2D eigenvalue weighted by Gasteiger charge is 2.11. The number of anilines is 1. The monoisotopic (exact) mass is 232 g/mol. The first kappa shape index (κ1) is 11.6. The normalized spacial score (nSPS) is 16.2. The van der Waals surface area contributed by atoms with E-state index in [-0.39, 0.29) is 6.03 Å². The lowest BCUT2D eigenvalue weighted by Gasteiger charge is -2.03. The Morgan fingerprint density at radius 1 is 1.29 bits per heavy atom. The van der Waals surface area contributed by atoms with Gasteiger partial charge in [0.05, 0.1) is 0 Å². The largest absolute Gasteiger partial charge is 0.325 e. The van der Waals surface area contributed by atoms with Crippen LogP contribution in [0.1, 0.15) is 25.7 Å². The zero-order valence-corrected chi connectivity index (χ0v) is 9.60. The van der Waals surface area contributed by atoms with Crippen LogP contribution in [0.25, 0.3) is 0 Å². The fraction of sp³-hybridized carbons (Fsp3) is 0.417. The molecule has 0 radical (unpaired) electrons. The van der Waals surface area contributed by atoms with Crippen molar-refractivity contribution in [3.8, 4) is 0 Å². The molecule has 1 heterocycles. The molecule has 1 aliphatic rings. The van der Waals surface area contributed by atoms with Gasteiger partial charge in [0.25, 0.3) is 0 Å². The summed E-state index contributed by atoms with van der Waals surface area (Å²) >= 11 is 0. The van der Waals surface area contributed by atoms with Crippen molar-refractivity contribution in [2.45, 2.75) is 25.7 Å². The molecule has 2 N–H and O–H groups in total. The van der Waals surface area contributed by atoms with E-state index in [1.165, 1.54) is 25.7 Å². The molecule has 1 aliphatic carbocycles. The maximum Gasteiger partial charge on any atom is 0.325 e. The molecule has 1 aromatic rings. The minimum absolute atomic E-state index is 0.305. The molecule has 1 fully saturated rings. The van der Waals surface area contributed by atoms with Gasteiger partial charge in [0.1, 0.15) is 0 Å². The Balaban J connectivity index is 1.74. The number of nitrogens with one attached hydrogen (secondary N) is 2. The highest BCUT2D eigenvalue weighted by molar-refractivity contribution is 5.87. The number of amides is 2. The number of urea groups is 1. The van der Waals surface area contributed by atoms with Gasteiger partial charge in [-0.05, 0) is 24.8 Å². The fourth-order valence-corrected chi connectivity index (χ4v) is 1.91. The van der Waals surface area contributed by atoms with Crippen molar-refractivity contribution in [1.82, 2.24) is 15.3 Å². The van der Waals surface area contributed by atoms with Crippen LogP contribution < -0.4 is 10.6 Å². The van der Waals surface area contributed by atoms with Crippen molar-refractivity contribution < 1.29 is 4.79 Å². The molecule has 90 valence electrons. The maximum absolute atomic E-state index is 11.4. The Kier molecular flexibility index (Phi) is 4.07. The molecule has 17 heavy (non-hydrogen) atoms. The van der Waals surface area contributed by atoms with Gasteiger partial charge < -0.3 is 5.32 Å². The van der Waals surface area contributed by atoms with E-state index >= 15 is 0 Å². The summed E-state index contributed by atoms with van der Waals surface area (Å²) in [5, 5.41) is 5.19. The Morgan fingerprint density at radius 3 is 2.71 bits per heavy atom. The Labute approximate surface area is 100 Å². The minimum Gasteiger partial charge on any atom is -0.315 e. The number of nitrogens with zero attached hydrogens (tertiary/aromatic N) is 2. The minimum atomic E-state index is -0.314. The zero-order chi connectivity index (χ0) is 11.9. The predicted molar refractivity (Wildman–Crippen MR) is 65.3 cm³/mol. The van der Waals surface area contributed by atoms with Gasteiger partial charge in [-0.1, -0.05) is 18.9 Å². The molecule has 0 bridgehead atoms. The summed E-state index contributed by atoms with van der Waals surface area (Å²) in [6.45, 7) is 0. The number of rotatable bonds is 3. The van der Waals surface area contributed by atoms with E-state index in [9.17, 15) is 4.79 Å². The number of carbonyl (C=O) groups is 1. The van der Waals surface area contributed by atoms with Crippen molar-refractivity contribution in [2.75, 3.05) is 5.32 Å². The summed E-state index contributed by atoms with van der Waals surface area (Å²) in [6.07, 6.45) is 11.9. The van der Waals surface area contributed by atoms with Gasteiger partial charge in [-0.3, -0.25) is 5.32 Å². The van der Waals surface area contributed by atoms with Crippen LogP contribution in [-0.2, 0) is 0 Å². The molecule has 0 unspecified atom stereocenters.